The topological polar surface area (TPSA) is 142 Å². The van der Waals surface area contributed by atoms with Crippen molar-refractivity contribution in [1.82, 2.24) is 0 Å². The van der Waals surface area contributed by atoms with E-state index < -0.39 is 54.4 Å². The van der Waals surface area contributed by atoms with Gasteiger partial charge in [0.05, 0.1) is 0 Å². The number of hydrogen-bond donors (Lipinski definition) is 1. The highest BCUT2D eigenvalue weighted by atomic mass is 16.7. The van der Waals surface area contributed by atoms with Gasteiger partial charge in [0.1, 0.15) is 11.9 Å². The minimum Gasteiger partial charge on any atom is -0.479 e. The lowest BCUT2D eigenvalue weighted by molar-refractivity contribution is -0.255. The maximum Gasteiger partial charge on any atom is 0.336 e. The molecule has 6 aliphatic rings. The van der Waals surface area contributed by atoms with Gasteiger partial charge in [-0.2, -0.15) is 0 Å². The molecule has 0 spiro atoms. The van der Waals surface area contributed by atoms with Crippen LogP contribution in [0.1, 0.15) is 140 Å². The van der Waals surface area contributed by atoms with Crippen LogP contribution in [0.4, 0.5) is 0 Å². The van der Waals surface area contributed by atoms with Crippen molar-refractivity contribution in [3.05, 3.63) is 11.6 Å². The van der Waals surface area contributed by atoms with Crippen LogP contribution in [0.2, 0.25) is 0 Å². The number of fused-ring (bicyclic) bond motifs is 7. The molecule has 1 N–H and O–H groups in total. The van der Waals surface area contributed by atoms with Gasteiger partial charge in [0.2, 0.25) is 0 Å². The predicted molar refractivity (Wildman–Crippen MR) is 192 cm³/mol. The quantitative estimate of drug-likeness (QED) is 0.167. The second-order valence-corrected chi connectivity index (χ2v) is 19.6. The number of aliphatic carboxylic acids is 1. The second kappa shape index (κ2) is 12.9. The van der Waals surface area contributed by atoms with E-state index in [1.165, 1.54) is 19.4 Å². The Morgan fingerprint density at radius 1 is 0.788 bits per heavy atom. The molecule has 0 radical (unpaired) electrons. The molecule has 0 aromatic rings. The Morgan fingerprint density at radius 2 is 1.38 bits per heavy atom. The highest BCUT2D eigenvalue weighted by molar-refractivity contribution is 5.85. The highest BCUT2D eigenvalue weighted by Gasteiger charge is 2.69. The van der Waals surface area contributed by atoms with Gasteiger partial charge in [-0.3, -0.25) is 19.2 Å². The number of esters is 3. The van der Waals surface area contributed by atoms with Gasteiger partial charge in [-0.05, 0) is 109 Å². The average molecular weight is 727 g/mol. The van der Waals surface area contributed by atoms with Gasteiger partial charge in [-0.25, -0.2) is 4.79 Å². The number of Topliss-reactive ketones (excluding diaryl/α,β-unsaturated/α-hetero) is 1. The fourth-order valence-electron chi connectivity index (χ4n) is 13.2. The molecule has 10 heteroatoms. The summed E-state index contributed by atoms with van der Waals surface area (Å²) in [5.41, 5.74) is 1.02. The lowest BCUT2D eigenvalue weighted by Crippen LogP contribution is -2.66. The zero-order valence-corrected chi connectivity index (χ0v) is 33.1. The van der Waals surface area contributed by atoms with Gasteiger partial charge >= 0.3 is 23.9 Å². The minimum atomic E-state index is -1.62. The Balaban J connectivity index is 1.41. The van der Waals surface area contributed by atoms with Crippen LogP contribution in [0, 0.1) is 50.2 Å². The molecular weight excluding hydrogens is 664 g/mol. The Kier molecular flexibility index (Phi) is 9.69. The van der Waals surface area contributed by atoms with Crippen LogP contribution in [-0.4, -0.2) is 65.3 Å². The molecule has 52 heavy (non-hydrogen) atoms. The van der Waals surface area contributed by atoms with Crippen LogP contribution in [-0.2, 0) is 42.9 Å². The largest absolute Gasteiger partial charge is 0.479 e. The van der Waals surface area contributed by atoms with Crippen LogP contribution in [0.15, 0.2) is 11.6 Å². The molecular formula is C42H62O10. The van der Waals surface area contributed by atoms with E-state index in [1.807, 2.05) is 0 Å². The molecule has 1 saturated heterocycles. The van der Waals surface area contributed by atoms with Crippen molar-refractivity contribution in [2.24, 2.45) is 50.2 Å². The van der Waals surface area contributed by atoms with Gasteiger partial charge in [-0.15, -0.1) is 0 Å². The molecule has 1 heterocycles. The summed E-state index contributed by atoms with van der Waals surface area (Å²) in [5.74, 6) is -2.05. The number of hydrogen-bond acceptors (Lipinski definition) is 9. The molecule has 0 amide bonds. The van der Waals surface area contributed by atoms with Gasteiger partial charge in [0, 0.05) is 32.6 Å². The number of allylic oxidation sites excluding steroid dienone is 2. The first-order chi connectivity index (χ1) is 24.0. The van der Waals surface area contributed by atoms with Crippen LogP contribution in [0.5, 0.6) is 0 Å². The van der Waals surface area contributed by atoms with E-state index in [4.69, 9.17) is 18.9 Å². The van der Waals surface area contributed by atoms with Gasteiger partial charge in [0.15, 0.2) is 24.4 Å². The van der Waals surface area contributed by atoms with Crippen molar-refractivity contribution < 1.29 is 48.0 Å². The third-order valence-corrected chi connectivity index (χ3v) is 16.0. The average Bonchev–Trinajstić information content (AvgIpc) is 3.02. The summed E-state index contributed by atoms with van der Waals surface area (Å²) in [5, 5.41) is 10.3. The maximum atomic E-state index is 13.2. The molecule has 290 valence electrons. The number of carboxylic acid groups (broad SMARTS) is 1. The van der Waals surface area contributed by atoms with Gasteiger partial charge in [-0.1, -0.05) is 60.1 Å². The van der Waals surface area contributed by atoms with E-state index in [9.17, 15) is 29.1 Å². The summed E-state index contributed by atoms with van der Waals surface area (Å²) in [6.07, 6.45) is 5.78. The molecule has 1 aliphatic heterocycles. The first-order valence-corrected chi connectivity index (χ1v) is 19.7. The number of carbonyl (C=O) groups excluding carboxylic acids is 4. The van der Waals surface area contributed by atoms with Crippen molar-refractivity contribution in [2.75, 3.05) is 0 Å². The Bertz CT molecular complexity index is 1540. The van der Waals surface area contributed by atoms with E-state index in [2.05, 4.69) is 54.5 Å². The highest BCUT2D eigenvalue weighted by Crippen LogP contribution is 2.76. The lowest BCUT2D eigenvalue weighted by Gasteiger charge is -2.71. The summed E-state index contributed by atoms with van der Waals surface area (Å²) >= 11 is 0. The Hall–Kier alpha value is -2.75. The first kappa shape index (κ1) is 39.0. The molecule has 6 rings (SSSR count). The predicted octanol–water partition coefficient (Wildman–Crippen LogP) is 7.39. The summed E-state index contributed by atoms with van der Waals surface area (Å²) in [6, 6.07) is 0. The molecule has 0 bridgehead atoms. The Morgan fingerprint density at radius 3 is 2.00 bits per heavy atom. The molecule has 12 atom stereocenters. The van der Waals surface area contributed by atoms with Crippen LogP contribution in [0.25, 0.3) is 0 Å². The van der Waals surface area contributed by atoms with Crippen LogP contribution in [0.3, 0.4) is 0 Å². The zero-order chi connectivity index (χ0) is 38.4. The van der Waals surface area contributed by atoms with Crippen LogP contribution < -0.4 is 0 Å². The van der Waals surface area contributed by atoms with Crippen molar-refractivity contribution in [2.45, 2.75) is 170 Å². The monoisotopic (exact) mass is 726 g/mol. The second-order valence-electron chi connectivity index (χ2n) is 19.6. The van der Waals surface area contributed by atoms with E-state index in [-0.39, 0.29) is 38.4 Å². The van der Waals surface area contributed by atoms with Crippen molar-refractivity contribution >= 4 is 29.7 Å². The SMILES string of the molecule is CC(=O)OC1C(OC(C)=O)[C@H](C[C@]23CCC(C)(C)CC2C2=CCC4[C@@]5(C)CCC(=O)C(C)(C)C5CC[C@@]4(C)[C@]2(C)CC3)OC(C(=O)O)[C@H]1OC(C)=O. The smallest absolute Gasteiger partial charge is 0.336 e. The number of ketones is 1. The Labute approximate surface area is 309 Å². The lowest BCUT2D eigenvalue weighted by atomic mass is 9.33. The third kappa shape index (κ3) is 6.05. The molecule has 4 saturated carbocycles. The molecule has 10 nitrogen and oxygen atoms in total. The minimum absolute atomic E-state index is 0.0419. The van der Waals surface area contributed by atoms with Crippen molar-refractivity contribution in [3.63, 3.8) is 0 Å². The molecule has 0 aromatic heterocycles. The molecule has 5 fully saturated rings. The normalized spacial score (nSPS) is 44.7. The van der Waals surface area contributed by atoms with Crippen molar-refractivity contribution in [1.29, 1.82) is 0 Å². The standard InChI is InChI=1S/C42H62O10/c1-23(43)49-32-28(52-35(36(47)48)34(51-25(3)45)33(32)50-24(2)44)22-42-19-17-37(4,5)21-27(42)26-11-12-30-39(8)15-14-31(46)38(6,7)29(39)13-16-41(30,10)40(26,9)18-20-42/h11,27-30,32-35H,12-22H2,1-10H3,(H,47,48)/t27?,28-,29?,30?,32?,33?,34-,35?,39-,40+,41+,42+/m0/s1. The van der Waals surface area contributed by atoms with E-state index in [0.29, 0.717) is 30.5 Å². The third-order valence-electron chi connectivity index (χ3n) is 16.0. The van der Waals surface area contributed by atoms with E-state index in [0.717, 1.165) is 64.7 Å². The molecule has 0 aromatic carbocycles. The van der Waals surface area contributed by atoms with Crippen molar-refractivity contribution in [3.8, 4) is 0 Å². The summed E-state index contributed by atoms with van der Waals surface area (Å²) in [6.45, 7) is 20.1. The number of carbonyl (C=O) groups is 5. The molecule has 6 unspecified atom stereocenters. The number of rotatable bonds is 6. The first-order valence-electron chi connectivity index (χ1n) is 19.7. The number of carboxylic acids is 1. The summed E-state index contributed by atoms with van der Waals surface area (Å²) < 4.78 is 23.3. The van der Waals surface area contributed by atoms with E-state index >= 15 is 0 Å². The maximum absolute atomic E-state index is 13.2. The van der Waals surface area contributed by atoms with Gasteiger partial charge in [0.25, 0.3) is 0 Å². The summed E-state index contributed by atoms with van der Waals surface area (Å²) in [4.78, 5) is 63.1. The van der Waals surface area contributed by atoms with Crippen LogP contribution >= 0.6 is 0 Å². The number of ether oxygens (including phenoxy) is 4. The zero-order valence-electron chi connectivity index (χ0n) is 33.1. The molecule has 5 aliphatic carbocycles. The van der Waals surface area contributed by atoms with E-state index in [1.54, 1.807) is 0 Å². The fourth-order valence-corrected chi connectivity index (χ4v) is 13.2. The summed E-state index contributed by atoms with van der Waals surface area (Å²) in [7, 11) is 0. The van der Waals surface area contributed by atoms with Gasteiger partial charge < -0.3 is 24.1 Å². The fraction of sp³-hybridized carbons (Fsp3) is 0.833.